The number of hydrogen-bond acceptors (Lipinski definition) is 5. The first-order chi connectivity index (χ1) is 13.0. The number of hydrogen-bond donors (Lipinski definition) is 0. The van der Waals surface area contributed by atoms with E-state index in [0.29, 0.717) is 5.02 Å². The molecule has 0 saturated carbocycles. The molecule has 2 aromatic rings. The fraction of sp³-hybridized carbons (Fsp3) is 0.526. The number of halogens is 1. The van der Waals surface area contributed by atoms with E-state index < -0.39 is 0 Å². The molecule has 0 unspecified atom stereocenters. The number of rotatable bonds is 6. The first-order valence-corrected chi connectivity index (χ1v) is 10.7. The van der Waals surface area contributed by atoms with E-state index in [9.17, 15) is 4.79 Å². The molecule has 0 aliphatic carbocycles. The summed E-state index contributed by atoms with van der Waals surface area (Å²) in [6, 6.07) is 7.60. The van der Waals surface area contributed by atoms with Gasteiger partial charge in [0.05, 0.1) is 5.25 Å². The summed E-state index contributed by atoms with van der Waals surface area (Å²) >= 11 is 7.59. The standard InChI is InChI=1S/C19H26ClN5OS/c1-4-23-9-11-24(12-10-23)18(26)14(3)27-19-22-21-17(25(19)5-2)15-7-6-8-16(20)13-15/h6-8,13-14H,4-5,9-12H2,1-3H3/t14-/m0/s1. The molecule has 146 valence electrons. The lowest BCUT2D eigenvalue weighted by atomic mass is 10.2. The summed E-state index contributed by atoms with van der Waals surface area (Å²) in [6.07, 6.45) is 0. The lowest BCUT2D eigenvalue weighted by molar-refractivity contribution is -0.132. The molecule has 1 amide bonds. The van der Waals surface area contributed by atoms with Gasteiger partial charge in [0.25, 0.3) is 0 Å². The van der Waals surface area contributed by atoms with Crippen LogP contribution in [-0.4, -0.2) is 68.4 Å². The number of likely N-dealkylation sites (N-methyl/N-ethyl adjacent to an activating group) is 1. The lowest BCUT2D eigenvalue weighted by Gasteiger charge is -2.35. The SMILES string of the molecule is CCN1CCN(C(=O)[C@H](C)Sc2nnc(-c3cccc(Cl)c3)n2CC)CC1. The van der Waals surface area contributed by atoms with Crippen LogP contribution in [0.25, 0.3) is 11.4 Å². The van der Waals surface area contributed by atoms with Crippen LogP contribution in [0, 0.1) is 0 Å². The zero-order valence-corrected chi connectivity index (χ0v) is 17.6. The maximum atomic E-state index is 12.8. The molecule has 6 nitrogen and oxygen atoms in total. The van der Waals surface area contributed by atoms with Gasteiger partial charge in [0.1, 0.15) is 0 Å². The molecule has 27 heavy (non-hydrogen) atoms. The highest BCUT2D eigenvalue weighted by Crippen LogP contribution is 2.28. The zero-order valence-electron chi connectivity index (χ0n) is 16.1. The van der Waals surface area contributed by atoms with Gasteiger partial charge in [0.15, 0.2) is 11.0 Å². The Balaban J connectivity index is 1.71. The van der Waals surface area contributed by atoms with Crippen molar-refractivity contribution in [2.75, 3.05) is 32.7 Å². The molecule has 1 aromatic carbocycles. The van der Waals surface area contributed by atoms with Crippen LogP contribution in [0.15, 0.2) is 29.4 Å². The molecule has 2 heterocycles. The van der Waals surface area contributed by atoms with Gasteiger partial charge in [-0.15, -0.1) is 10.2 Å². The summed E-state index contributed by atoms with van der Waals surface area (Å²) in [7, 11) is 0. The number of thioether (sulfide) groups is 1. The minimum absolute atomic E-state index is 0.172. The van der Waals surface area contributed by atoms with Crippen molar-refractivity contribution in [3.63, 3.8) is 0 Å². The first kappa shape index (κ1) is 20.2. The number of carbonyl (C=O) groups excluding carboxylic acids is 1. The summed E-state index contributed by atoms with van der Waals surface area (Å²) in [5.41, 5.74) is 0.929. The molecule has 1 aromatic heterocycles. The Morgan fingerprint density at radius 1 is 1.19 bits per heavy atom. The molecule has 1 fully saturated rings. The molecule has 8 heteroatoms. The van der Waals surface area contributed by atoms with Gasteiger partial charge in [-0.3, -0.25) is 4.79 Å². The van der Waals surface area contributed by atoms with Gasteiger partial charge in [0.2, 0.25) is 5.91 Å². The maximum absolute atomic E-state index is 12.8. The third kappa shape index (κ3) is 4.65. The van der Waals surface area contributed by atoms with Crippen LogP contribution >= 0.6 is 23.4 Å². The van der Waals surface area contributed by atoms with Gasteiger partial charge in [-0.2, -0.15) is 0 Å². The monoisotopic (exact) mass is 407 g/mol. The van der Waals surface area contributed by atoms with Crippen LogP contribution in [0.1, 0.15) is 20.8 Å². The Hall–Kier alpha value is -1.57. The summed E-state index contributed by atoms with van der Waals surface area (Å²) in [6.45, 7) is 11.4. The Kier molecular flexibility index (Phi) is 6.78. The minimum Gasteiger partial charge on any atom is -0.339 e. The van der Waals surface area contributed by atoms with Gasteiger partial charge in [-0.05, 0) is 32.5 Å². The van der Waals surface area contributed by atoms with Gasteiger partial charge < -0.3 is 14.4 Å². The second-order valence-electron chi connectivity index (χ2n) is 6.58. The Morgan fingerprint density at radius 2 is 1.93 bits per heavy atom. The Morgan fingerprint density at radius 3 is 2.56 bits per heavy atom. The summed E-state index contributed by atoms with van der Waals surface area (Å²) in [4.78, 5) is 17.2. The fourth-order valence-electron chi connectivity index (χ4n) is 3.25. The molecule has 0 radical (unpaired) electrons. The molecule has 0 bridgehead atoms. The van der Waals surface area contributed by atoms with Crippen LogP contribution in [-0.2, 0) is 11.3 Å². The number of nitrogens with zero attached hydrogens (tertiary/aromatic N) is 5. The van der Waals surface area contributed by atoms with Crippen molar-refractivity contribution in [1.82, 2.24) is 24.6 Å². The molecular formula is C19H26ClN5OS. The van der Waals surface area contributed by atoms with Crippen LogP contribution in [0.5, 0.6) is 0 Å². The highest BCUT2D eigenvalue weighted by atomic mass is 35.5. The Labute approximate surface area is 169 Å². The van der Waals surface area contributed by atoms with Crippen LogP contribution in [0.3, 0.4) is 0 Å². The van der Waals surface area contributed by atoms with E-state index in [-0.39, 0.29) is 11.2 Å². The largest absolute Gasteiger partial charge is 0.339 e. The van der Waals surface area contributed by atoms with Gasteiger partial charge in [0, 0.05) is 43.3 Å². The average Bonchev–Trinajstić information content (AvgIpc) is 3.10. The molecule has 0 spiro atoms. The number of carbonyl (C=O) groups is 1. The van der Waals surface area contributed by atoms with Crippen molar-refractivity contribution in [3.05, 3.63) is 29.3 Å². The highest BCUT2D eigenvalue weighted by Gasteiger charge is 2.27. The molecule has 1 atom stereocenters. The third-order valence-electron chi connectivity index (χ3n) is 4.88. The van der Waals surface area contributed by atoms with E-state index >= 15 is 0 Å². The smallest absolute Gasteiger partial charge is 0.235 e. The first-order valence-electron chi connectivity index (χ1n) is 9.40. The predicted molar refractivity (Wildman–Crippen MR) is 110 cm³/mol. The number of benzene rings is 1. The number of piperazine rings is 1. The van der Waals surface area contributed by atoms with Crippen LogP contribution < -0.4 is 0 Å². The van der Waals surface area contributed by atoms with E-state index in [2.05, 4.69) is 28.9 Å². The maximum Gasteiger partial charge on any atom is 0.235 e. The van der Waals surface area contributed by atoms with E-state index in [1.54, 1.807) is 0 Å². The summed E-state index contributed by atoms with van der Waals surface area (Å²) in [5, 5.41) is 9.92. The van der Waals surface area contributed by atoms with Crippen LogP contribution in [0.2, 0.25) is 5.02 Å². The third-order valence-corrected chi connectivity index (χ3v) is 6.18. The van der Waals surface area contributed by atoms with Gasteiger partial charge in [-0.1, -0.05) is 42.4 Å². The highest BCUT2D eigenvalue weighted by molar-refractivity contribution is 8.00. The van der Waals surface area contributed by atoms with Crippen molar-refractivity contribution >= 4 is 29.3 Å². The van der Waals surface area contributed by atoms with Crippen molar-refractivity contribution in [2.45, 2.75) is 37.7 Å². The second kappa shape index (κ2) is 9.08. The number of amides is 1. The minimum atomic E-state index is -0.195. The summed E-state index contributed by atoms with van der Waals surface area (Å²) < 4.78 is 2.04. The molecule has 1 aliphatic heterocycles. The zero-order chi connectivity index (χ0) is 19.4. The average molecular weight is 408 g/mol. The molecule has 1 aliphatic rings. The normalized spacial score (nSPS) is 16.5. The second-order valence-corrected chi connectivity index (χ2v) is 8.32. The Bertz CT molecular complexity index is 788. The molecular weight excluding hydrogens is 382 g/mol. The van der Waals surface area contributed by atoms with Gasteiger partial charge in [-0.25, -0.2) is 0 Å². The van der Waals surface area contributed by atoms with Gasteiger partial charge >= 0.3 is 0 Å². The summed E-state index contributed by atoms with van der Waals surface area (Å²) in [5.74, 6) is 0.949. The van der Waals surface area contributed by atoms with E-state index in [1.165, 1.54) is 11.8 Å². The van der Waals surface area contributed by atoms with E-state index in [1.807, 2.05) is 40.7 Å². The molecule has 1 saturated heterocycles. The lowest BCUT2D eigenvalue weighted by Crippen LogP contribution is -2.50. The van der Waals surface area contributed by atoms with Crippen molar-refractivity contribution in [2.24, 2.45) is 0 Å². The topological polar surface area (TPSA) is 54.3 Å². The van der Waals surface area contributed by atoms with Crippen molar-refractivity contribution in [3.8, 4) is 11.4 Å². The van der Waals surface area contributed by atoms with Crippen molar-refractivity contribution < 1.29 is 4.79 Å². The molecule has 0 N–H and O–H groups in total. The van der Waals surface area contributed by atoms with Crippen molar-refractivity contribution in [1.29, 1.82) is 0 Å². The fourth-order valence-corrected chi connectivity index (χ4v) is 4.44. The van der Waals surface area contributed by atoms with E-state index in [4.69, 9.17) is 11.6 Å². The molecule has 3 rings (SSSR count). The number of aromatic nitrogens is 3. The van der Waals surface area contributed by atoms with Crippen LogP contribution in [0.4, 0.5) is 0 Å². The predicted octanol–water partition coefficient (Wildman–Crippen LogP) is 3.26. The van der Waals surface area contributed by atoms with E-state index in [0.717, 1.165) is 55.8 Å². The quantitative estimate of drug-likeness (QED) is 0.688.